The van der Waals surface area contributed by atoms with Gasteiger partial charge < -0.3 is 4.74 Å². The van der Waals surface area contributed by atoms with E-state index in [1.807, 2.05) is 34.9 Å². The molecule has 8 heteroatoms. The summed E-state index contributed by atoms with van der Waals surface area (Å²) in [6, 6.07) is 15.8. The number of ether oxygens (including phenoxy) is 1. The summed E-state index contributed by atoms with van der Waals surface area (Å²) in [4.78, 5) is 10.2. The summed E-state index contributed by atoms with van der Waals surface area (Å²) in [5, 5.41) is 17.6. The predicted molar refractivity (Wildman–Crippen MR) is 90.4 cm³/mol. The van der Waals surface area contributed by atoms with Gasteiger partial charge in [-0.2, -0.15) is 5.10 Å². The molecule has 1 heterocycles. The summed E-state index contributed by atoms with van der Waals surface area (Å²) < 4.78 is 8.02. The Labute approximate surface area is 142 Å². The van der Waals surface area contributed by atoms with Crippen molar-refractivity contribution < 1.29 is 9.66 Å². The third kappa shape index (κ3) is 3.66. The topological polar surface area (TPSA) is 86.0 Å². The highest BCUT2D eigenvalue weighted by molar-refractivity contribution is 7.71. The van der Waals surface area contributed by atoms with Gasteiger partial charge in [0, 0.05) is 12.1 Å². The van der Waals surface area contributed by atoms with Gasteiger partial charge in [-0.15, -0.1) is 0 Å². The van der Waals surface area contributed by atoms with E-state index in [4.69, 9.17) is 17.0 Å². The Hall–Kier alpha value is -3.00. The zero-order valence-electron chi connectivity index (χ0n) is 12.6. The smallest absolute Gasteiger partial charge is 0.269 e. The highest BCUT2D eigenvalue weighted by Crippen LogP contribution is 2.18. The van der Waals surface area contributed by atoms with E-state index in [0.29, 0.717) is 22.9 Å². The van der Waals surface area contributed by atoms with Crippen molar-refractivity contribution in [1.29, 1.82) is 0 Å². The lowest BCUT2D eigenvalue weighted by molar-refractivity contribution is -0.384. The van der Waals surface area contributed by atoms with E-state index in [0.717, 1.165) is 5.56 Å². The predicted octanol–water partition coefficient (Wildman–Crippen LogP) is 3.48. The Morgan fingerprint density at radius 3 is 2.54 bits per heavy atom. The minimum Gasteiger partial charge on any atom is -0.486 e. The highest BCUT2D eigenvalue weighted by atomic mass is 32.1. The maximum Gasteiger partial charge on any atom is 0.269 e. The number of nitrogens with one attached hydrogen (secondary N) is 1. The van der Waals surface area contributed by atoms with Crippen molar-refractivity contribution >= 4 is 17.9 Å². The molecule has 0 unspecified atom stereocenters. The van der Waals surface area contributed by atoms with E-state index in [1.165, 1.54) is 12.1 Å². The summed E-state index contributed by atoms with van der Waals surface area (Å²) in [7, 11) is 0. The van der Waals surface area contributed by atoms with Crippen molar-refractivity contribution in [2.45, 2.75) is 13.2 Å². The van der Waals surface area contributed by atoms with Gasteiger partial charge in [0.1, 0.15) is 12.4 Å². The van der Waals surface area contributed by atoms with Crippen LogP contribution in [0.1, 0.15) is 11.4 Å². The second kappa shape index (κ2) is 7.05. The number of aromatic amines is 1. The van der Waals surface area contributed by atoms with Gasteiger partial charge in [-0.25, -0.2) is 0 Å². The van der Waals surface area contributed by atoms with Crippen LogP contribution < -0.4 is 4.74 Å². The van der Waals surface area contributed by atoms with Crippen LogP contribution in [0.2, 0.25) is 0 Å². The summed E-state index contributed by atoms with van der Waals surface area (Å²) in [5.41, 5.74) is 1.13. The normalized spacial score (nSPS) is 10.5. The monoisotopic (exact) mass is 342 g/mol. The van der Waals surface area contributed by atoms with Crippen molar-refractivity contribution in [3.05, 3.63) is 80.9 Å². The average molecular weight is 342 g/mol. The lowest BCUT2D eigenvalue weighted by Gasteiger charge is -2.08. The van der Waals surface area contributed by atoms with Crippen LogP contribution in [0.15, 0.2) is 54.6 Å². The number of hydrogen-bond donors (Lipinski definition) is 1. The first kappa shape index (κ1) is 15.9. The number of nitro groups is 1. The summed E-state index contributed by atoms with van der Waals surface area (Å²) in [6.45, 7) is 0.799. The third-order valence-corrected chi connectivity index (χ3v) is 3.75. The Kier molecular flexibility index (Phi) is 4.66. The van der Waals surface area contributed by atoms with E-state index in [1.54, 1.807) is 12.1 Å². The minimum absolute atomic E-state index is 0.0223. The van der Waals surface area contributed by atoms with Gasteiger partial charge in [-0.1, -0.05) is 30.3 Å². The molecule has 7 nitrogen and oxygen atoms in total. The molecule has 0 saturated carbocycles. The molecule has 2 aromatic carbocycles. The number of aromatic nitrogens is 3. The van der Waals surface area contributed by atoms with E-state index in [-0.39, 0.29) is 12.3 Å². The molecule has 3 rings (SSSR count). The average Bonchev–Trinajstić information content (AvgIpc) is 2.94. The molecule has 0 radical (unpaired) electrons. The molecular weight excluding hydrogens is 328 g/mol. The molecule has 0 amide bonds. The molecule has 24 heavy (non-hydrogen) atoms. The first-order valence-electron chi connectivity index (χ1n) is 7.19. The molecule has 0 atom stereocenters. The lowest BCUT2D eigenvalue weighted by atomic mass is 10.2. The SMILES string of the molecule is O=[N+]([O-])c1ccc(OCc2n[nH]c(=S)n2Cc2ccccc2)cc1. The van der Waals surface area contributed by atoms with E-state index >= 15 is 0 Å². The van der Waals surface area contributed by atoms with Gasteiger partial charge in [-0.3, -0.25) is 19.8 Å². The van der Waals surface area contributed by atoms with Crippen LogP contribution in [-0.2, 0) is 13.2 Å². The summed E-state index contributed by atoms with van der Waals surface area (Å²) in [5.74, 6) is 1.18. The molecule has 0 fully saturated rings. The maximum absolute atomic E-state index is 10.6. The van der Waals surface area contributed by atoms with Crippen LogP contribution in [0.25, 0.3) is 0 Å². The van der Waals surface area contributed by atoms with Crippen LogP contribution in [0.3, 0.4) is 0 Å². The van der Waals surface area contributed by atoms with Gasteiger partial charge in [0.05, 0.1) is 11.5 Å². The van der Waals surface area contributed by atoms with Crippen LogP contribution in [0.5, 0.6) is 5.75 Å². The number of hydrogen-bond acceptors (Lipinski definition) is 5. The Morgan fingerprint density at radius 2 is 1.88 bits per heavy atom. The maximum atomic E-state index is 10.6. The number of H-pyrrole nitrogens is 1. The van der Waals surface area contributed by atoms with Crippen LogP contribution >= 0.6 is 12.2 Å². The van der Waals surface area contributed by atoms with Gasteiger partial charge in [-0.05, 0) is 29.9 Å². The zero-order chi connectivity index (χ0) is 16.9. The van der Waals surface area contributed by atoms with E-state index in [2.05, 4.69) is 10.2 Å². The molecule has 0 bridgehead atoms. The number of benzene rings is 2. The standard InChI is InChI=1S/C16H14N4O3S/c21-20(22)13-6-8-14(9-7-13)23-11-15-17-18-16(24)19(15)10-12-4-2-1-3-5-12/h1-9H,10-11H2,(H,18,24). The first-order valence-corrected chi connectivity index (χ1v) is 7.59. The fourth-order valence-corrected chi connectivity index (χ4v) is 2.42. The second-order valence-electron chi connectivity index (χ2n) is 5.06. The quantitative estimate of drug-likeness (QED) is 0.421. The van der Waals surface area contributed by atoms with Gasteiger partial charge in [0.2, 0.25) is 0 Å². The first-order chi connectivity index (χ1) is 11.6. The molecule has 1 aromatic heterocycles. The minimum atomic E-state index is -0.450. The zero-order valence-corrected chi connectivity index (χ0v) is 13.4. The van der Waals surface area contributed by atoms with Crippen molar-refractivity contribution in [2.24, 2.45) is 0 Å². The van der Waals surface area contributed by atoms with E-state index < -0.39 is 4.92 Å². The van der Waals surface area contributed by atoms with Gasteiger partial charge in [0.15, 0.2) is 10.6 Å². The van der Waals surface area contributed by atoms with Crippen molar-refractivity contribution in [3.8, 4) is 5.75 Å². The van der Waals surface area contributed by atoms with Crippen molar-refractivity contribution in [3.63, 3.8) is 0 Å². The number of rotatable bonds is 6. The number of nitrogens with zero attached hydrogens (tertiary/aromatic N) is 3. The van der Waals surface area contributed by atoms with Gasteiger partial charge in [0.25, 0.3) is 5.69 Å². The molecular formula is C16H14N4O3S. The van der Waals surface area contributed by atoms with Crippen molar-refractivity contribution in [2.75, 3.05) is 0 Å². The fraction of sp³-hybridized carbons (Fsp3) is 0.125. The largest absolute Gasteiger partial charge is 0.486 e. The third-order valence-electron chi connectivity index (χ3n) is 3.44. The molecule has 0 aliphatic rings. The number of nitro benzene ring substituents is 1. The molecule has 0 aliphatic carbocycles. The second-order valence-corrected chi connectivity index (χ2v) is 5.44. The molecule has 0 spiro atoms. The van der Waals surface area contributed by atoms with Crippen LogP contribution in [-0.4, -0.2) is 19.7 Å². The van der Waals surface area contributed by atoms with Gasteiger partial charge >= 0.3 is 0 Å². The fourth-order valence-electron chi connectivity index (χ4n) is 2.20. The Morgan fingerprint density at radius 1 is 1.17 bits per heavy atom. The summed E-state index contributed by atoms with van der Waals surface area (Å²) in [6.07, 6.45) is 0. The van der Waals surface area contributed by atoms with Crippen molar-refractivity contribution in [1.82, 2.24) is 14.8 Å². The Balaban J connectivity index is 1.72. The molecule has 1 N–H and O–H groups in total. The molecule has 3 aromatic rings. The lowest BCUT2D eigenvalue weighted by Crippen LogP contribution is -2.08. The van der Waals surface area contributed by atoms with Crippen LogP contribution in [0, 0.1) is 14.9 Å². The number of non-ortho nitro benzene ring substituents is 1. The van der Waals surface area contributed by atoms with Crippen LogP contribution in [0.4, 0.5) is 5.69 Å². The molecule has 122 valence electrons. The van der Waals surface area contributed by atoms with E-state index in [9.17, 15) is 10.1 Å². The highest BCUT2D eigenvalue weighted by Gasteiger charge is 2.09. The molecule has 0 saturated heterocycles. The summed E-state index contributed by atoms with van der Waals surface area (Å²) >= 11 is 5.26. The molecule has 0 aliphatic heterocycles. The Bertz CT molecular complexity index is 888.